The fourth-order valence-corrected chi connectivity index (χ4v) is 3.19. The number of hydrogen-bond acceptors (Lipinski definition) is 12. The summed E-state index contributed by atoms with van der Waals surface area (Å²) in [6.45, 7) is -0.581. The van der Waals surface area contributed by atoms with Crippen LogP contribution in [0, 0.1) is 10.3 Å². The van der Waals surface area contributed by atoms with E-state index in [-0.39, 0.29) is 68.7 Å². The molecule has 0 bridgehead atoms. The third-order valence-corrected chi connectivity index (χ3v) is 5.16. The highest BCUT2D eigenvalue weighted by atomic mass is 16.5. The molecule has 21 heteroatoms. The Morgan fingerprint density at radius 3 is 2.48 bits per heavy atom. The van der Waals surface area contributed by atoms with E-state index in [9.17, 15) is 9.70 Å². The zero-order chi connectivity index (χ0) is 29.2. The first kappa shape index (κ1) is 30.4. The van der Waals surface area contributed by atoms with Gasteiger partial charge in [-0.2, -0.15) is 4.91 Å². The molecule has 0 saturated heterocycles. The quantitative estimate of drug-likeness (QED) is 0.0687. The Balaban J connectivity index is 2.17. The first-order valence-electron chi connectivity index (χ1n) is 11.3. The molecule has 1 unspecified atom stereocenters. The molecule has 0 aromatic rings. The van der Waals surface area contributed by atoms with Gasteiger partial charge in [-0.25, -0.2) is 0 Å². The third-order valence-electron chi connectivity index (χ3n) is 5.16. The van der Waals surface area contributed by atoms with Crippen LogP contribution in [0.5, 0.6) is 0 Å². The molecular weight excluding hydrogens is 530 g/mol. The standard InChI is InChI=1S/C19H23N17O4/c20-13-6-15(39-4-3-27-33-21)14(31-18(37)16-8-26-17(40-16)9-28-34-22)5-12(13)7-25-2-1-19(32-38,10-29-35-23)11-30-36-24/h5-8,17,20,25-26H,1-4,9-11H2,(H,31,37)/b12-7-,20-13?. The van der Waals surface area contributed by atoms with Crippen molar-refractivity contribution in [3.8, 4) is 0 Å². The Bertz CT molecular complexity index is 1290. The third kappa shape index (κ3) is 9.22. The van der Waals surface area contributed by atoms with Crippen molar-refractivity contribution in [1.82, 2.24) is 16.0 Å². The number of allylic oxidation sites excluding steroid dienone is 3. The van der Waals surface area contributed by atoms with E-state index in [1.807, 2.05) is 0 Å². The van der Waals surface area contributed by atoms with Gasteiger partial charge in [0.05, 0.1) is 44.2 Å². The summed E-state index contributed by atoms with van der Waals surface area (Å²) in [4.78, 5) is 34.7. The molecule has 1 aliphatic heterocycles. The van der Waals surface area contributed by atoms with Gasteiger partial charge in [0.15, 0.2) is 6.23 Å². The van der Waals surface area contributed by atoms with Gasteiger partial charge in [0.1, 0.15) is 11.3 Å². The van der Waals surface area contributed by atoms with Crippen molar-refractivity contribution in [1.29, 1.82) is 5.41 Å². The van der Waals surface area contributed by atoms with Crippen molar-refractivity contribution in [2.75, 3.05) is 39.3 Å². The number of carbonyl (C=O) groups is 1. The summed E-state index contributed by atoms with van der Waals surface area (Å²) < 4.78 is 11.0. The van der Waals surface area contributed by atoms with Gasteiger partial charge >= 0.3 is 0 Å². The molecule has 0 spiro atoms. The molecule has 1 aliphatic carbocycles. The SMILES string of the molecule is [N-]=[N+]=NCCOC1=CC(=N)/C(=C\NCCC(CN=[N+]=[N-])(CN=[N+]=[N-])N=O)C=C1NC(=O)C1=CNC(CN=[N+]=[N-])O1. The zero-order valence-electron chi connectivity index (χ0n) is 20.8. The summed E-state index contributed by atoms with van der Waals surface area (Å²) in [6.07, 6.45) is 4.86. The number of nitrogens with one attached hydrogen (secondary N) is 4. The number of carbonyl (C=O) groups excluding carboxylic acids is 1. The maximum atomic E-state index is 12.8. The lowest BCUT2D eigenvalue weighted by Gasteiger charge is -2.22. The first-order valence-corrected chi connectivity index (χ1v) is 11.3. The predicted octanol–water partition coefficient (Wildman–Crippen LogP) is 3.32. The van der Waals surface area contributed by atoms with E-state index in [1.165, 1.54) is 24.6 Å². The molecule has 0 radical (unpaired) electrons. The summed E-state index contributed by atoms with van der Waals surface area (Å²) in [7, 11) is 0. The molecule has 21 nitrogen and oxygen atoms in total. The van der Waals surface area contributed by atoms with Gasteiger partial charge in [0.2, 0.25) is 5.76 Å². The van der Waals surface area contributed by atoms with Crippen LogP contribution in [0.3, 0.4) is 0 Å². The van der Waals surface area contributed by atoms with Crippen LogP contribution in [-0.4, -0.2) is 62.7 Å². The average Bonchev–Trinajstić information content (AvgIpc) is 3.44. The van der Waals surface area contributed by atoms with Crippen LogP contribution < -0.4 is 16.0 Å². The Morgan fingerprint density at radius 1 is 1.12 bits per heavy atom. The van der Waals surface area contributed by atoms with Crippen LogP contribution in [-0.2, 0) is 14.3 Å². The van der Waals surface area contributed by atoms with E-state index in [0.29, 0.717) is 5.57 Å². The number of hydrogen-bond donors (Lipinski definition) is 4. The van der Waals surface area contributed by atoms with Crippen molar-refractivity contribution < 1.29 is 14.3 Å². The first-order chi connectivity index (χ1) is 19.4. The summed E-state index contributed by atoms with van der Waals surface area (Å²) in [5.41, 5.74) is 33.1. The predicted molar refractivity (Wildman–Crippen MR) is 139 cm³/mol. The number of nitrogens with zero attached hydrogens (tertiary/aromatic N) is 13. The van der Waals surface area contributed by atoms with Crippen LogP contribution in [0.2, 0.25) is 0 Å². The van der Waals surface area contributed by atoms with Crippen molar-refractivity contribution >= 4 is 11.6 Å². The lowest BCUT2D eigenvalue weighted by molar-refractivity contribution is -0.120. The summed E-state index contributed by atoms with van der Waals surface area (Å²) in [6, 6.07) is 0. The molecule has 208 valence electrons. The van der Waals surface area contributed by atoms with Gasteiger partial charge in [-0.15, -0.1) is 0 Å². The van der Waals surface area contributed by atoms with Gasteiger partial charge in [0.25, 0.3) is 5.91 Å². The summed E-state index contributed by atoms with van der Waals surface area (Å²) >= 11 is 0. The molecule has 1 amide bonds. The Kier molecular flexibility index (Phi) is 12.2. The molecule has 1 heterocycles. The second-order valence-electron chi connectivity index (χ2n) is 7.83. The maximum absolute atomic E-state index is 12.8. The Morgan fingerprint density at radius 2 is 1.82 bits per heavy atom. The Labute approximate surface area is 224 Å². The van der Waals surface area contributed by atoms with E-state index in [4.69, 9.17) is 37.0 Å². The van der Waals surface area contributed by atoms with E-state index < -0.39 is 17.7 Å². The minimum absolute atomic E-state index is 0.000326. The minimum atomic E-state index is -1.45. The highest BCUT2D eigenvalue weighted by Gasteiger charge is 2.30. The fourth-order valence-electron chi connectivity index (χ4n) is 3.19. The maximum Gasteiger partial charge on any atom is 0.292 e. The number of azide groups is 4. The molecule has 0 aromatic heterocycles. The van der Waals surface area contributed by atoms with Gasteiger partial charge in [0, 0.05) is 50.2 Å². The molecule has 40 heavy (non-hydrogen) atoms. The number of amides is 1. The highest BCUT2D eigenvalue weighted by Crippen LogP contribution is 2.22. The van der Waals surface area contributed by atoms with Gasteiger partial charge in [-0.1, -0.05) is 25.6 Å². The Hall–Kier alpha value is -5.86. The lowest BCUT2D eigenvalue weighted by Crippen LogP contribution is -2.36. The number of nitroso groups, excluding NO2 is 1. The van der Waals surface area contributed by atoms with E-state index >= 15 is 0 Å². The molecule has 0 aromatic carbocycles. The molecular formula is C19H23N17O4. The summed E-state index contributed by atoms with van der Waals surface area (Å²) in [5, 5.41) is 33.1. The van der Waals surface area contributed by atoms with Crippen LogP contribution in [0.15, 0.2) is 73.0 Å². The smallest absolute Gasteiger partial charge is 0.292 e. The second kappa shape index (κ2) is 16.1. The highest BCUT2D eigenvalue weighted by molar-refractivity contribution is 6.10. The summed E-state index contributed by atoms with van der Waals surface area (Å²) in [5.74, 6) is -0.631. The van der Waals surface area contributed by atoms with Gasteiger partial charge in [-0.3, -0.25) is 4.79 Å². The molecule has 1 atom stereocenters. The van der Waals surface area contributed by atoms with E-state index in [0.717, 1.165) is 0 Å². The van der Waals surface area contributed by atoms with Crippen molar-refractivity contribution in [3.63, 3.8) is 0 Å². The van der Waals surface area contributed by atoms with Crippen LogP contribution >= 0.6 is 0 Å². The molecule has 0 saturated carbocycles. The number of ether oxygens (including phenoxy) is 2. The monoisotopic (exact) mass is 553 g/mol. The lowest BCUT2D eigenvalue weighted by atomic mass is 9.96. The fraction of sp³-hybridized carbons (Fsp3) is 0.474. The average molecular weight is 554 g/mol. The van der Waals surface area contributed by atoms with Crippen LogP contribution in [0.25, 0.3) is 41.8 Å². The van der Waals surface area contributed by atoms with Crippen LogP contribution in [0.4, 0.5) is 0 Å². The topological polar surface area (TPSA) is 320 Å². The molecule has 2 aliphatic rings. The van der Waals surface area contributed by atoms with Crippen molar-refractivity contribution in [2.24, 2.45) is 25.6 Å². The largest absolute Gasteiger partial charge is 0.491 e. The zero-order valence-corrected chi connectivity index (χ0v) is 20.8. The normalized spacial score (nSPS) is 17.8. The minimum Gasteiger partial charge on any atom is -0.491 e. The molecule has 4 N–H and O–H groups in total. The van der Waals surface area contributed by atoms with Crippen LogP contribution in [0.1, 0.15) is 6.42 Å². The van der Waals surface area contributed by atoms with E-state index in [1.54, 1.807) is 0 Å². The van der Waals surface area contributed by atoms with E-state index in [2.05, 4.69) is 61.2 Å². The molecule has 0 fully saturated rings. The van der Waals surface area contributed by atoms with Crippen molar-refractivity contribution in [3.05, 3.63) is 94.0 Å². The van der Waals surface area contributed by atoms with Gasteiger partial charge in [-0.05, 0) is 34.6 Å². The molecule has 2 rings (SSSR count). The van der Waals surface area contributed by atoms with Gasteiger partial charge < -0.3 is 30.8 Å². The second-order valence-corrected chi connectivity index (χ2v) is 7.83. The van der Waals surface area contributed by atoms with Crippen molar-refractivity contribution in [2.45, 2.75) is 18.2 Å². The number of rotatable bonds is 17.